The van der Waals surface area contributed by atoms with Crippen LogP contribution in [-0.4, -0.2) is 53.1 Å². The summed E-state index contributed by atoms with van der Waals surface area (Å²) in [6.45, 7) is 3.60. The molecule has 0 aromatic carbocycles. The van der Waals surface area contributed by atoms with E-state index in [0.717, 1.165) is 26.2 Å². The van der Waals surface area contributed by atoms with Gasteiger partial charge in [0.2, 0.25) is 0 Å². The largest absolute Gasteiger partial charge is 0.465 e. The Morgan fingerprint density at radius 1 is 1.17 bits per heavy atom. The summed E-state index contributed by atoms with van der Waals surface area (Å²) in [4.78, 5) is 24.1. The van der Waals surface area contributed by atoms with Gasteiger partial charge in [-0.15, -0.1) is 0 Å². The molecular weight excluding hydrogens is 426 g/mol. The van der Waals surface area contributed by atoms with Crippen molar-refractivity contribution in [3.8, 4) is 0 Å². The van der Waals surface area contributed by atoms with Crippen LogP contribution in [0.4, 0.5) is 8.78 Å². The number of fused-ring (bicyclic) bond motifs is 1. The predicted octanol–water partition coefficient (Wildman–Crippen LogP) is 1.77. The molecule has 0 amide bonds. The average Bonchev–Trinajstić information content (AvgIpc) is 3.12. The highest BCUT2D eigenvalue weighted by Crippen LogP contribution is 2.86. The molecule has 4 aliphatic rings. The second-order valence-corrected chi connectivity index (χ2v) is 11.4. The molecule has 2 N–H and O–H groups in total. The van der Waals surface area contributed by atoms with Crippen molar-refractivity contribution in [2.24, 2.45) is 35.0 Å². The highest BCUT2D eigenvalue weighted by atomic mass is 32.2. The van der Waals surface area contributed by atoms with E-state index in [1.54, 1.807) is 0 Å². The molecule has 0 heterocycles. The molecule has 0 aliphatic heterocycles. The van der Waals surface area contributed by atoms with Gasteiger partial charge in [-0.2, -0.15) is 17.2 Å². The van der Waals surface area contributed by atoms with Gasteiger partial charge in [0, 0.05) is 11.8 Å². The van der Waals surface area contributed by atoms with E-state index in [9.17, 15) is 31.9 Å². The third-order valence-corrected chi connectivity index (χ3v) is 8.97. The van der Waals surface area contributed by atoms with E-state index in [1.807, 2.05) is 13.8 Å². The Bertz CT molecular complexity index is 900. The zero-order valence-electron chi connectivity index (χ0n) is 16.9. The Balaban J connectivity index is 1.46. The van der Waals surface area contributed by atoms with Crippen LogP contribution in [0.5, 0.6) is 0 Å². The van der Waals surface area contributed by atoms with Crippen LogP contribution < -0.4 is 0 Å². The van der Waals surface area contributed by atoms with Crippen LogP contribution in [0, 0.1) is 35.0 Å². The fourth-order valence-electron chi connectivity index (χ4n) is 7.00. The molecule has 4 saturated carbocycles. The molecule has 4 fully saturated rings. The molecule has 7 atom stereocenters. The fourth-order valence-corrected chi connectivity index (χ4v) is 7.27. The molecule has 4 aliphatic carbocycles. The van der Waals surface area contributed by atoms with Crippen molar-refractivity contribution >= 4 is 22.1 Å². The maximum absolute atomic E-state index is 13.3. The van der Waals surface area contributed by atoms with Gasteiger partial charge >= 0.3 is 27.3 Å². The quantitative estimate of drug-likeness (QED) is 0.442. The summed E-state index contributed by atoms with van der Waals surface area (Å²) in [5, 5.41) is 5.21. The van der Waals surface area contributed by atoms with Crippen molar-refractivity contribution in [1.82, 2.24) is 0 Å². The minimum atomic E-state index is -6.05. The lowest BCUT2D eigenvalue weighted by Crippen LogP contribution is -2.79. The van der Waals surface area contributed by atoms with E-state index < -0.39 is 45.1 Å². The summed E-state index contributed by atoms with van der Waals surface area (Å²) in [5.41, 5.74) is -3.00. The van der Waals surface area contributed by atoms with Gasteiger partial charge in [0.1, 0.15) is 12.2 Å². The van der Waals surface area contributed by atoms with E-state index >= 15 is 0 Å². The van der Waals surface area contributed by atoms with Gasteiger partial charge in [-0.1, -0.05) is 13.8 Å². The number of ether oxygens (including phenoxy) is 2. The molecular formula is C19H26F2O8S. The topological polar surface area (TPSA) is 127 Å². The van der Waals surface area contributed by atoms with Crippen LogP contribution in [0.25, 0.3) is 0 Å². The molecule has 0 aromatic heterocycles. The number of carbonyl (C=O) groups is 2. The van der Waals surface area contributed by atoms with Crippen LogP contribution in [0.15, 0.2) is 0 Å². The normalized spacial score (nSPS) is 40.8. The van der Waals surface area contributed by atoms with Crippen molar-refractivity contribution in [3.05, 3.63) is 0 Å². The second kappa shape index (κ2) is 6.13. The monoisotopic (exact) mass is 452 g/mol. The fraction of sp³-hybridized carbons (Fsp3) is 0.895. The van der Waals surface area contributed by atoms with Crippen molar-refractivity contribution in [2.75, 3.05) is 6.61 Å². The van der Waals surface area contributed by atoms with Gasteiger partial charge in [-0.05, 0) is 55.8 Å². The Kier molecular flexibility index (Phi) is 4.47. The lowest BCUT2D eigenvalue weighted by atomic mass is 9.30. The number of alkyl halides is 2. The average molecular weight is 452 g/mol. The number of hydrogen-bond donors (Lipinski definition) is 2. The highest BCUT2D eigenvalue weighted by molar-refractivity contribution is 7.87. The van der Waals surface area contributed by atoms with Crippen LogP contribution in [0.3, 0.4) is 0 Å². The third kappa shape index (κ3) is 2.51. The van der Waals surface area contributed by atoms with Gasteiger partial charge in [0.15, 0.2) is 5.60 Å². The summed E-state index contributed by atoms with van der Waals surface area (Å²) in [7, 11) is -6.05. The number of esters is 2. The smallest absolute Gasteiger partial charge is 0.457 e. The highest BCUT2D eigenvalue weighted by Gasteiger charge is 2.85. The molecule has 0 aromatic rings. The van der Waals surface area contributed by atoms with E-state index in [2.05, 4.69) is 4.74 Å². The van der Waals surface area contributed by atoms with Crippen molar-refractivity contribution in [2.45, 2.75) is 62.9 Å². The summed E-state index contributed by atoms with van der Waals surface area (Å²) in [6, 6.07) is 0. The van der Waals surface area contributed by atoms with Gasteiger partial charge in [0.05, 0.1) is 0 Å². The molecule has 11 heteroatoms. The third-order valence-electron chi connectivity index (χ3n) is 8.15. The molecule has 30 heavy (non-hydrogen) atoms. The number of aliphatic hydroxyl groups is 1. The molecule has 0 radical (unpaired) electrons. The lowest BCUT2D eigenvalue weighted by Gasteiger charge is -2.76. The van der Waals surface area contributed by atoms with E-state index in [-0.39, 0.29) is 23.2 Å². The first-order valence-corrected chi connectivity index (χ1v) is 11.5. The molecule has 7 unspecified atom stereocenters. The summed E-state index contributed by atoms with van der Waals surface area (Å²) < 4.78 is 66.3. The van der Waals surface area contributed by atoms with Crippen LogP contribution in [0.1, 0.15) is 46.5 Å². The Hall–Kier alpha value is -1.33. The van der Waals surface area contributed by atoms with E-state index in [0.29, 0.717) is 11.8 Å². The van der Waals surface area contributed by atoms with Crippen LogP contribution in [0.2, 0.25) is 0 Å². The van der Waals surface area contributed by atoms with Crippen molar-refractivity contribution in [1.29, 1.82) is 0 Å². The molecule has 4 rings (SSSR count). The Morgan fingerprint density at radius 2 is 1.77 bits per heavy atom. The molecule has 8 nitrogen and oxygen atoms in total. The summed E-state index contributed by atoms with van der Waals surface area (Å²) >= 11 is 0. The maximum atomic E-state index is 13.3. The first-order chi connectivity index (χ1) is 13.6. The van der Waals surface area contributed by atoms with Gasteiger partial charge in [-0.25, -0.2) is 9.59 Å². The zero-order valence-corrected chi connectivity index (χ0v) is 17.7. The minimum absolute atomic E-state index is 0.0235. The minimum Gasteiger partial charge on any atom is -0.457 e. The molecule has 170 valence electrons. The van der Waals surface area contributed by atoms with Gasteiger partial charge < -0.3 is 14.6 Å². The molecule has 2 bridgehead atoms. The number of rotatable bonds is 7. The van der Waals surface area contributed by atoms with Crippen molar-refractivity contribution in [3.63, 3.8) is 0 Å². The Labute approximate surface area is 173 Å². The maximum Gasteiger partial charge on any atom is 0.465 e. The predicted molar refractivity (Wildman–Crippen MR) is 96.6 cm³/mol. The number of halogens is 2. The number of hydrogen-bond acceptors (Lipinski definition) is 7. The van der Waals surface area contributed by atoms with Crippen molar-refractivity contribution < 1.29 is 45.9 Å². The second-order valence-electron chi connectivity index (χ2n) is 9.93. The lowest BCUT2D eigenvalue weighted by molar-refractivity contribution is -0.345. The summed E-state index contributed by atoms with van der Waals surface area (Å²) in [5.74, 6) is -2.06. The molecule has 1 spiro atoms. The standard InChI is InChI=1S/C19H26F2O8S/c1-9(2)18(12-5-10-4-11-6-13(18)17(11,12)7-10)29-14(22)16(3,24)8-28-15(23)19(20,21)30(25,26)27/h9-13,24H,4-8H2,1-3H3,(H,25,26,27). The first kappa shape index (κ1) is 21.9. The zero-order chi connectivity index (χ0) is 22.5. The SMILES string of the molecule is CC(C)C1(OC(=O)C(C)(O)COC(=O)C(F)(F)S(=O)(=O)O)C2CC3CC4CC1C42C3. The first-order valence-electron chi connectivity index (χ1n) is 10.1. The number of carbonyl (C=O) groups excluding carboxylic acids is 2. The molecule has 0 saturated heterocycles. The van der Waals surface area contributed by atoms with Gasteiger partial charge in [0.25, 0.3) is 0 Å². The van der Waals surface area contributed by atoms with Crippen LogP contribution in [-0.2, 0) is 29.2 Å². The Morgan fingerprint density at radius 3 is 2.30 bits per heavy atom. The summed E-state index contributed by atoms with van der Waals surface area (Å²) in [6.07, 6.45) is 4.26. The van der Waals surface area contributed by atoms with E-state index in [4.69, 9.17) is 9.29 Å². The van der Waals surface area contributed by atoms with Gasteiger partial charge in [-0.3, -0.25) is 4.55 Å². The van der Waals surface area contributed by atoms with E-state index in [1.165, 1.54) is 6.42 Å². The van der Waals surface area contributed by atoms with Crippen LogP contribution >= 0.6 is 0 Å².